The summed E-state index contributed by atoms with van der Waals surface area (Å²) in [5.41, 5.74) is 1.77. The third-order valence-corrected chi connectivity index (χ3v) is 6.16. The monoisotopic (exact) mass is 428 g/mol. The quantitative estimate of drug-likeness (QED) is 0.787. The van der Waals surface area contributed by atoms with Crippen LogP contribution in [-0.4, -0.2) is 49.4 Å². The topological polar surface area (TPSA) is 71.8 Å². The number of rotatable bonds is 5. The van der Waals surface area contributed by atoms with E-state index in [9.17, 15) is 14.0 Å². The molecule has 0 bridgehead atoms. The number of fused-ring (bicyclic) bond motifs is 1. The normalized spacial score (nSPS) is 19.7. The van der Waals surface area contributed by atoms with E-state index in [1.54, 1.807) is 13.0 Å². The first kappa shape index (κ1) is 21.7. The summed E-state index contributed by atoms with van der Waals surface area (Å²) >= 11 is 0. The average Bonchev–Trinajstić information content (AvgIpc) is 3.04. The number of halogens is 1. The van der Waals surface area contributed by atoms with Gasteiger partial charge in [-0.1, -0.05) is 26.0 Å². The first-order valence-corrected chi connectivity index (χ1v) is 10.8. The molecule has 2 aliphatic rings. The van der Waals surface area contributed by atoms with Crippen LogP contribution in [0.25, 0.3) is 0 Å². The fraction of sp³-hybridized carbons (Fsp3) is 0.500. The van der Waals surface area contributed by atoms with E-state index in [0.29, 0.717) is 62.6 Å². The smallest absolute Gasteiger partial charge is 0.287 e. The summed E-state index contributed by atoms with van der Waals surface area (Å²) in [5.74, 6) is 0.150. The van der Waals surface area contributed by atoms with Gasteiger partial charge in [0.15, 0.2) is 11.5 Å². The molecule has 7 heteroatoms. The van der Waals surface area contributed by atoms with E-state index in [0.717, 1.165) is 5.56 Å². The van der Waals surface area contributed by atoms with Crippen molar-refractivity contribution in [2.24, 2.45) is 5.41 Å². The maximum absolute atomic E-state index is 13.9. The summed E-state index contributed by atoms with van der Waals surface area (Å²) in [6.45, 7) is 8.72. The number of carbonyl (C=O) groups excluding carboxylic acids is 2. The fourth-order valence-corrected chi connectivity index (χ4v) is 4.63. The maximum Gasteiger partial charge on any atom is 0.287 e. The van der Waals surface area contributed by atoms with Crippen molar-refractivity contribution in [1.29, 1.82) is 0 Å². The third-order valence-electron chi connectivity index (χ3n) is 6.16. The lowest BCUT2D eigenvalue weighted by atomic mass is 9.76. The highest BCUT2D eigenvalue weighted by molar-refractivity contribution is 6.03. The number of furan rings is 1. The molecule has 1 unspecified atom stereocenters. The van der Waals surface area contributed by atoms with Gasteiger partial charge in [0.1, 0.15) is 11.6 Å². The molecular formula is C24H29FN2O4. The highest BCUT2D eigenvalue weighted by atomic mass is 19.1. The minimum absolute atomic E-state index is 0.0255. The zero-order valence-corrected chi connectivity index (χ0v) is 18.3. The zero-order chi connectivity index (χ0) is 22.2. The Kier molecular flexibility index (Phi) is 5.99. The molecule has 31 heavy (non-hydrogen) atoms. The summed E-state index contributed by atoms with van der Waals surface area (Å²) in [6, 6.07) is 6.27. The molecule has 1 N–H and O–H groups in total. The van der Waals surface area contributed by atoms with Crippen LogP contribution in [0, 0.1) is 18.2 Å². The van der Waals surface area contributed by atoms with Gasteiger partial charge in [0, 0.05) is 38.0 Å². The number of ether oxygens (including phenoxy) is 1. The van der Waals surface area contributed by atoms with Crippen LogP contribution in [0.1, 0.15) is 64.1 Å². The molecule has 1 atom stereocenters. The van der Waals surface area contributed by atoms with Gasteiger partial charge in [-0.3, -0.25) is 14.5 Å². The Bertz CT molecular complexity index is 991. The van der Waals surface area contributed by atoms with E-state index in [-0.39, 0.29) is 34.7 Å². The van der Waals surface area contributed by atoms with Gasteiger partial charge < -0.3 is 14.5 Å². The van der Waals surface area contributed by atoms with Gasteiger partial charge >= 0.3 is 0 Å². The van der Waals surface area contributed by atoms with Crippen molar-refractivity contribution in [2.75, 3.05) is 32.8 Å². The molecule has 2 heterocycles. The van der Waals surface area contributed by atoms with Gasteiger partial charge in [0.25, 0.3) is 5.91 Å². The predicted molar refractivity (Wildman–Crippen MR) is 114 cm³/mol. The van der Waals surface area contributed by atoms with Crippen LogP contribution in [0.3, 0.4) is 0 Å². The molecule has 1 fully saturated rings. The van der Waals surface area contributed by atoms with Gasteiger partial charge in [-0.25, -0.2) is 4.39 Å². The van der Waals surface area contributed by atoms with E-state index < -0.39 is 0 Å². The Balaban J connectivity index is 1.54. The van der Waals surface area contributed by atoms with Crippen molar-refractivity contribution in [1.82, 2.24) is 10.2 Å². The summed E-state index contributed by atoms with van der Waals surface area (Å²) in [4.78, 5) is 27.8. The first-order valence-electron chi connectivity index (χ1n) is 10.8. The summed E-state index contributed by atoms with van der Waals surface area (Å²) in [7, 11) is 0. The number of morpholine rings is 1. The Hall–Kier alpha value is -2.51. The van der Waals surface area contributed by atoms with Crippen molar-refractivity contribution in [2.45, 2.75) is 39.7 Å². The Morgan fingerprint density at radius 3 is 2.71 bits per heavy atom. The molecule has 1 amide bonds. The molecule has 1 aromatic carbocycles. The molecule has 0 saturated carbocycles. The van der Waals surface area contributed by atoms with E-state index in [1.807, 2.05) is 19.9 Å². The minimum atomic E-state index is -0.354. The van der Waals surface area contributed by atoms with Gasteiger partial charge in [0.2, 0.25) is 0 Å². The molecule has 1 aromatic heterocycles. The van der Waals surface area contributed by atoms with E-state index in [4.69, 9.17) is 9.15 Å². The van der Waals surface area contributed by atoms with Crippen molar-refractivity contribution in [3.8, 4) is 0 Å². The number of nitrogens with zero attached hydrogens (tertiary/aromatic N) is 1. The number of hydrogen-bond donors (Lipinski definition) is 1. The number of benzene rings is 1. The summed E-state index contributed by atoms with van der Waals surface area (Å²) < 4.78 is 25.2. The predicted octanol–water partition coefficient (Wildman–Crippen LogP) is 3.69. The molecule has 166 valence electrons. The molecule has 2 aromatic rings. The van der Waals surface area contributed by atoms with E-state index in [2.05, 4.69) is 10.2 Å². The summed E-state index contributed by atoms with van der Waals surface area (Å²) in [5, 5.41) is 2.95. The van der Waals surface area contributed by atoms with Crippen LogP contribution in [0.5, 0.6) is 0 Å². The number of nitrogens with one attached hydrogen (secondary N) is 1. The first-order chi connectivity index (χ1) is 14.7. The SMILES string of the molecule is Cc1c(C(=O)NCC(c2cccc(F)c2)N2CCOCC2)oc2c1C(=O)CC(C)(C)C2. The zero-order valence-electron chi connectivity index (χ0n) is 18.3. The Labute approximate surface area is 181 Å². The molecule has 1 saturated heterocycles. The number of hydrogen-bond acceptors (Lipinski definition) is 5. The second-order valence-electron chi connectivity index (χ2n) is 9.22. The van der Waals surface area contributed by atoms with Crippen molar-refractivity contribution in [3.05, 3.63) is 58.3 Å². The van der Waals surface area contributed by atoms with Gasteiger partial charge in [-0.2, -0.15) is 0 Å². The minimum Gasteiger partial charge on any atom is -0.455 e. The standard InChI is InChI=1S/C24H29FN2O4/c1-15-21-19(28)12-24(2,3)13-20(21)31-22(15)23(29)26-14-18(27-7-9-30-10-8-27)16-5-4-6-17(25)11-16/h4-6,11,18H,7-10,12-14H2,1-3H3,(H,26,29). The number of ketones is 1. The van der Waals surface area contributed by atoms with Crippen LogP contribution >= 0.6 is 0 Å². The number of carbonyl (C=O) groups is 2. The van der Waals surface area contributed by atoms with E-state index >= 15 is 0 Å². The van der Waals surface area contributed by atoms with Crippen molar-refractivity contribution >= 4 is 11.7 Å². The second kappa shape index (κ2) is 8.55. The van der Waals surface area contributed by atoms with E-state index in [1.165, 1.54) is 12.1 Å². The molecule has 1 aliphatic carbocycles. The maximum atomic E-state index is 13.9. The Morgan fingerprint density at radius 1 is 1.26 bits per heavy atom. The largest absolute Gasteiger partial charge is 0.455 e. The summed E-state index contributed by atoms with van der Waals surface area (Å²) in [6.07, 6.45) is 1.07. The molecule has 1 aliphatic heterocycles. The van der Waals surface area contributed by atoms with Gasteiger partial charge in [-0.15, -0.1) is 0 Å². The molecule has 0 radical (unpaired) electrons. The fourth-order valence-electron chi connectivity index (χ4n) is 4.63. The lowest BCUT2D eigenvalue weighted by Crippen LogP contribution is -2.43. The van der Waals surface area contributed by atoms with Gasteiger partial charge in [0.05, 0.1) is 24.8 Å². The Morgan fingerprint density at radius 2 is 2.00 bits per heavy atom. The van der Waals surface area contributed by atoms with Crippen LogP contribution in [0.2, 0.25) is 0 Å². The average molecular weight is 429 g/mol. The van der Waals surface area contributed by atoms with Crippen molar-refractivity contribution in [3.63, 3.8) is 0 Å². The van der Waals surface area contributed by atoms with Crippen LogP contribution < -0.4 is 5.32 Å². The lowest BCUT2D eigenvalue weighted by molar-refractivity contribution is 0.0161. The lowest BCUT2D eigenvalue weighted by Gasteiger charge is -2.34. The molecular weight excluding hydrogens is 399 g/mol. The highest BCUT2D eigenvalue weighted by Gasteiger charge is 2.37. The van der Waals surface area contributed by atoms with Crippen LogP contribution in [0.4, 0.5) is 4.39 Å². The van der Waals surface area contributed by atoms with Crippen molar-refractivity contribution < 1.29 is 23.1 Å². The number of Topliss-reactive ketones (excluding diaryl/α,β-unsaturated/α-hetero) is 1. The molecule has 4 rings (SSSR count). The van der Waals surface area contributed by atoms with Crippen LogP contribution in [-0.2, 0) is 11.2 Å². The van der Waals surface area contributed by atoms with Gasteiger partial charge in [-0.05, 0) is 30.0 Å². The third kappa shape index (κ3) is 4.57. The molecule has 0 spiro atoms. The molecule has 6 nitrogen and oxygen atoms in total. The highest BCUT2D eigenvalue weighted by Crippen LogP contribution is 2.38. The second-order valence-corrected chi connectivity index (χ2v) is 9.22. The van der Waals surface area contributed by atoms with Crippen LogP contribution in [0.15, 0.2) is 28.7 Å². The number of amides is 1.